The molecule has 1 aliphatic carbocycles. The molecular formula is C14H19N3O3S. The van der Waals surface area contributed by atoms with Crippen molar-refractivity contribution in [2.45, 2.75) is 30.2 Å². The first kappa shape index (κ1) is 14.4. The molecule has 1 fully saturated rings. The van der Waals surface area contributed by atoms with E-state index < -0.39 is 10.0 Å². The van der Waals surface area contributed by atoms with Crippen LogP contribution in [0.4, 0.5) is 5.69 Å². The number of aromatic amines is 1. The second kappa shape index (κ2) is 5.32. The zero-order valence-corrected chi connectivity index (χ0v) is 12.4. The van der Waals surface area contributed by atoms with Gasteiger partial charge in [-0.3, -0.25) is 0 Å². The van der Waals surface area contributed by atoms with Crippen LogP contribution in [0.3, 0.4) is 0 Å². The number of H-pyrrole nitrogens is 1. The number of rotatable bonds is 4. The van der Waals surface area contributed by atoms with E-state index in [9.17, 15) is 13.5 Å². The Hall–Kier alpha value is -1.57. The predicted molar refractivity (Wildman–Crippen MR) is 81.2 cm³/mol. The van der Waals surface area contributed by atoms with Gasteiger partial charge >= 0.3 is 0 Å². The van der Waals surface area contributed by atoms with Crippen molar-refractivity contribution in [3.63, 3.8) is 0 Å². The summed E-state index contributed by atoms with van der Waals surface area (Å²) in [6.45, 7) is 0.00796. The minimum absolute atomic E-state index is 0.00458. The molecule has 0 aliphatic heterocycles. The maximum absolute atomic E-state index is 12.6. The topological polar surface area (TPSA) is 108 Å². The normalized spacial score (nSPS) is 22.9. The number of hydrogen-bond donors (Lipinski definition) is 4. The van der Waals surface area contributed by atoms with Crippen molar-refractivity contribution in [1.82, 2.24) is 9.71 Å². The first-order chi connectivity index (χ1) is 10.0. The van der Waals surface area contributed by atoms with Gasteiger partial charge in [-0.15, -0.1) is 0 Å². The molecule has 1 saturated carbocycles. The van der Waals surface area contributed by atoms with E-state index >= 15 is 0 Å². The minimum atomic E-state index is -3.63. The molecule has 2 aromatic rings. The van der Waals surface area contributed by atoms with Gasteiger partial charge in [0.05, 0.1) is 0 Å². The molecule has 7 heteroatoms. The molecule has 5 N–H and O–H groups in total. The summed E-state index contributed by atoms with van der Waals surface area (Å²) in [6, 6.07) is 4.93. The van der Waals surface area contributed by atoms with Crippen LogP contribution in [0.15, 0.2) is 29.3 Å². The monoisotopic (exact) mass is 309 g/mol. The molecule has 21 heavy (non-hydrogen) atoms. The predicted octanol–water partition coefficient (Wildman–Crippen LogP) is 1.19. The molecule has 3 rings (SSSR count). The van der Waals surface area contributed by atoms with E-state index in [2.05, 4.69) is 9.71 Å². The Labute approximate surface area is 123 Å². The third-order valence-electron chi connectivity index (χ3n) is 4.16. The van der Waals surface area contributed by atoms with Crippen molar-refractivity contribution in [3.8, 4) is 0 Å². The van der Waals surface area contributed by atoms with E-state index in [1.54, 1.807) is 18.2 Å². The van der Waals surface area contributed by atoms with Crippen molar-refractivity contribution < 1.29 is 13.5 Å². The lowest BCUT2D eigenvalue weighted by Crippen LogP contribution is -2.38. The first-order valence-corrected chi connectivity index (χ1v) is 8.49. The van der Waals surface area contributed by atoms with Crippen LogP contribution >= 0.6 is 0 Å². The van der Waals surface area contributed by atoms with Crippen LogP contribution in [0.5, 0.6) is 0 Å². The minimum Gasteiger partial charge on any atom is -0.399 e. The Morgan fingerprint density at radius 3 is 2.95 bits per heavy atom. The summed E-state index contributed by atoms with van der Waals surface area (Å²) in [7, 11) is -3.63. The Bertz CT molecular complexity index is 754. The van der Waals surface area contributed by atoms with Crippen LogP contribution in [0.1, 0.15) is 19.3 Å². The van der Waals surface area contributed by atoms with Gasteiger partial charge < -0.3 is 15.8 Å². The third kappa shape index (κ3) is 2.64. The Morgan fingerprint density at radius 1 is 1.38 bits per heavy atom. The Morgan fingerprint density at radius 2 is 2.19 bits per heavy atom. The molecule has 0 amide bonds. The Kier molecular flexibility index (Phi) is 3.64. The summed E-state index contributed by atoms with van der Waals surface area (Å²) in [5, 5.41) is 9.90. The largest absolute Gasteiger partial charge is 0.399 e. The van der Waals surface area contributed by atoms with Gasteiger partial charge in [-0.05, 0) is 37.0 Å². The molecule has 0 spiro atoms. The summed E-state index contributed by atoms with van der Waals surface area (Å²) < 4.78 is 27.9. The summed E-state index contributed by atoms with van der Waals surface area (Å²) in [4.78, 5) is 3.15. The molecular weight excluding hydrogens is 290 g/mol. The molecule has 1 aliphatic rings. The standard InChI is InChI=1S/C14H19N3O3S/c15-10-4-5-13-11(6-10)14(7-16-13)21(19,20)17-12-3-1-2-9(12)8-18/h4-7,9,12,16-18H,1-3,8,15H2. The second-order valence-corrected chi connectivity index (χ2v) is 7.24. The number of anilines is 1. The molecule has 0 radical (unpaired) electrons. The summed E-state index contributed by atoms with van der Waals surface area (Å²) >= 11 is 0. The van der Waals surface area contributed by atoms with Gasteiger partial charge in [0.1, 0.15) is 4.90 Å². The van der Waals surface area contributed by atoms with Crippen LogP contribution in [0, 0.1) is 5.92 Å². The smallest absolute Gasteiger partial charge is 0.242 e. The third-order valence-corrected chi connectivity index (χ3v) is 5.69. The fourth-order valence-corrected chi connectivity index (χ4v) is 4.52. The van der Waals surface area contributed by atoms with Gasteiger partial charge in [-0.25, -0.2) is 13.1 Å². The Balaban J connectivity index is 1.95. The molecule has 2 atom stereocenters. The number of aromatic nitrogens is 1. The number of benzene rings is 1. The highest BCUT2D eigenvalue weighted by atomic mass is 32.2. The molecule has 1 aromatic heterocycles. The number of nitrogens with two attached hydrogens (primary N) is 1. The van der Waals surface area contributed by atoms with Crippen molar-refractivity contribution in [3.05, 3.63) is 24.4 Å². The second-order valence-electron chi connectivity index (χ2n) is 5.56. The van der Waals surface area contributed by atoms with Gasteiger partial charge in [0, 0.05) is 35.4 Å². The van der Waals surface area contributed by atoms with Gasteiger partial charge in [0.15, 0.2) is 0 Å². The molecule has 2 unspecified atom stereocenters. The summed E-state index contributed by atoms with van der Waals surface area (Å²) in [5.74, 6) is -0.00458. The van der Waals surface area contributed by atoms with Gasteiger partial charge in [-0.1, -0.05) is 6.42 Å². The maximum Gasteiger partial charge on any atom is 0.242 e. The molecule has 6 nitrogen and oxygen atoms in total. The zero-order chi connectivity index (χ0) is 15.0. The number of hydrogen-bond acceptors (Lipinski definition) is 4. The van der Waals surface area contributed by atoms with E-state index in [1.165, 1.54) is 6.20 Å². The van der Waals surface area contributed by atoms with Crippen molar-refractivity contribution in [1.29, 1.82) is 0 Å². The van der Waals surface area contributed by atoms with Crippen LogP contribution in [0.2, 0.25) is 0 Å². The number of sulfonamides is 1. The molecule has 0 bridgehead atoms. The SMILES string of the molecule is Nc1ccc2[nH]cc(S(=O)(=O)NC3CCCC3CO)c2c1. The van der Waals surface area contributed by atoms with Gasteiger partial charge in [0.2, 0.25) is 10.0 Å². The quantitative estimate of drug-likeness (QED) is 0.636. The summed E-state index contributed by atoms with van der Waals surface area (Å²) in [6.07, 6.45) is 4.02. The zero-order valence-electron chi connectivity index (χ0n) is 11.5. The van der Waals surface area contributed by atoms with Crippen LogP contribution in [0.25, 0.3) is 10.9 Å². The molecule has 0 saturated heterocycles. The highest BCUT2D eigenvalue weighted by Crippen LogP contribution is 2.29. The van der Waals surface area contributed by atoms with E-state index in [0.717, 1.165) is 24.8 Å². The van der Waals surface area contributed by atoms with E-state index in [1.807, 2.05) is 0 Å². The fourth-order valence-electron chi connectivity index (χ4n) is 3.01. The highest BCUT2D eigenvalue weighted by Gasteiger charge is 2.31. The van der Waals surface area contributed by atoms with Crippen molar-refractivity contribution in [2.75, 3.05) is 12.3 Å². The molecule has 1 aromatic carbocycles. The van der Waals surface area contributed by atoms with E-state index in [-0.39, 0.29) is 23.5 Å². The first-order valence-electron chi connectivity index (χ1n) is 7.01. The number of nitrogens with one attached hydrogen (secondary N) is 2. The molecule has 1 heterocycles. The number of aliphatic hydroxyl groups excluding tert-OH is 1. The fraction of sp³-hybridized carbons (Fsp3) is 0.429. The van der Waals surface area contributed by atoms with E-state index in [4.69, 9.17) is 5.73 Å². The van der Waals surface area contributed by atoms with Crippen LogP contribution in [-0.4, -0.2) is 31.2 Å². The summed E-state index contributed by atoms with van der Waals surface area (Å²) in [5.41, 5.74) is 6.99. The van der Waals surface area contributed by atoms with Crippen molar-refractivity contribution in [2.24, 2.45) is 5.92 Å². The molecule has 114 valence electrons. The van der Waals surface area contributed by atoms with Gasteiger partial charge in [0.25, 0.3) is 0 Å². The van der Waals surface area contributed by atoms with Crippen LogP contribution < -0.4 is 10.5 Å². The lowest BCUT2D eigenvalue weighted by atomic mass is 10.1. The van der Waals surface area contributed by atoms with Crippen molar-refractivity contribution >= 4 is 26.6 Å². The van der Waals surface area contributed by atoms with Gasteiger partial charge in [-0.2, -0.15) is 0 Å². The number of nitrogen functional groups attached to an aromatic ring is 1. The average Bonchev–Trinajstić information content (AvgIpc) is 3.04. The lowest BCUT2D eigenvalue weighted by molar-refractivity contribution is 0.213. The van der Waals surface area contributed by atoms with Crippen LogP contribution in [-0.2, 0) is 10.0 Å². The maximum atomic E-state index is 12.6. The van der Waals surface area contributed by atoms with E-state index in [0.29, 0.717) is 11.1 Å². The lowest BCUT2D eigenvalue weighted by Gasteiger charge is -2.18. The average molecular weight is 309 g/mol. The number of fused-ring (bicyclic) bond motifs is 1. The number of aliphatic hydroxyl groups is 1. The highest BCUT2D eigenvalue weighted by molar-refractivity contribution is 7.89.